The van der Waals surface area contributed by atoms with Crippen molar-refractivity contribution < 1.29 is 48.8 Å². The summed E-state index contributed by atoms with van der Waals surface area (Å²) >= 11 is 0. The van der Waals surface area contributed by atoms with Crippen LogP contribution in [0, 0.1) is 17.8 Å². The molecule has 1 fully saturated rings. The van der Waals surface area contributed by atoms with Crippen LogP contribution in [0.1, 0.15) is 86.1 Å². The topological polar surface area (TPSA) is 224 Å². The second-order valence-electron chi connectivity index (χ2n) is 16.1. The maximum Gasteiger partial charge on any atom is 0.325 e. The standard InChI is InChI=1S/C44H63N5O10/c1-26(2)39-42(56)46-35(25-31-15-12-16-32(51)24-31)43(57)49-23-13-17-34(48-49)44(58)59-37(28(5)14-11-20-38(53)45-27(3)4)19-10-8-9-18-36(52)30(7)40(54)33(41(55)47-39)22-21-29(6)50/h8-12,14-16,18,20,24,26-27,30,33-37,39-40,48,51-52,54H,13,17,19,21-23,25H2,1-7H3,(H,45,53)(H,46,56)(H,47,55)/b10-8+,18-9+,20-11+,28-14+/t30-,33+,34?,35-,36-,37-,39-,40+/m0/s1. The molecule has 15 nitrogen and oxygen atoms in total. The minimum atomic E-state index is -1.42. The van der Waals surface area contributed by atoms with Gasteiger partial charge in [-0.15, -0.1) is 0 Å². The third kappa shape index (κ3) is 15.5. The Morgan fingerprint density at radius 3 is 2.42 bits per heavy atom. The SMILES string of the molecule is CC(=O)CC[C@H]1C(=O)N[C@@H](C(C)C)C(=O)N[C@@H](Cc2cccc(O)c2)C(=O)N2CCCC(N2)C(=O)O[C@H](/C(C)=C/C=C/C(=O)NC(C)C)C/C=C/C=C/[C@H](O)[C@H](C)[C@H]1O. The number of rotatable bonds is 10. The number of nitrogens with zero attached hydrogens (tertiary/aromatic N) is 1. The molecule has 1 aromatic rings. The zero-order chi connectivity index (χ0) is 43.8. The van der Waals surface area contributed by atoms with E-state index in [9.17, 15) is 44.1 Å². The summed E-state index contributed by atoms with van der Waals surface area (Å²) in [5.74, 6) is -5.65. The van der Waals surface area contributed by atoms with Gasteiger partial charge in [-0.1, -0.05) is 69.4 Å². The van der Waals surface area contributed by atoms with Crippen molar-refractivity contribution in [3.05, 3.63) is 77.9 Å². The monoisotopic (exact) mass is 821 g/mol. The fourth-order valence-electron chi connectivity index (χ4n) is 6.77. The molecule has 8 atom stereocenters. The van der Waals surface area contributed by atoms with Gasteiger partial charge in [-0.2, -0.15) is 0 Å². The van der Waals surface area contributed by atoms with Crippen LogP contribution in [0.2, 0.25) is 0 Å². The Balaban J connectivity index is 2.07. The number of Topliss-reactive ketones (excluding diaryl/α,β-unsaturated/α-hetero) is 1. The lowest BCUT2D eigenvalue weighted by atomic mass is 9.84. The third-order valence-corrected chi connectivity index (χ3v) is 10.3. The van der Waals surface area contributed by atoms with Crippen LogP contribution in [0.5, 0.6) is 5.75 Å². The van der Waals surface area contributed by atoms with Gasteiger partial charge in [-0.25, -0.2) is 5.43 Å². The van der Waals surface area contributed by atoms with Gasteiger partial charge in [-0.3, -0.25) is 29.0 Å². The number of benzene rings is 1. The van der Waals surface area contributed by atoms with Gasteiger partial charge in [0.05, 0.1) is 18.1 Å². The number of aliphatic hydroxyl groups is 2. The maximum absolute atomic E-state index is 14.3. The number of fused-ring (bicyclic) bond motifs is 2. The van der Waals surface area contributed by atoms with Gasteiger partial charge < -0.3 is 40.8 Å². The molecule has 4 amide bonds. The Labute approximate surface area is 347 Å². The Morgan fingerprint density at radius 1 is 1.03 bits per heavy atom. The van der Waals surface area contributed by atoms with Gasteiger partial charge in [0.1, 0.15) is 35.8 Å². The third-order valence-electron chi connectivity index (χ3n) is 10.3. The molecule has 2 aliphatic heterocycles. The first-order valence-electron chi connectivity index (χ1n) is 20.4. The van der Waals surface area contributed by atoms with E-state index in [1.165, 1.54) is 36.2 Å². The number of hydrogen-bond acceptors (Lipinski definition) is 11. The molecule has 2 heterocycles. The van der Waals surface area contributed by atoms with Crippen molar-refractivity contribution in [2.24, 2.45) is 17.8 Å². The number of aliphatic hydroxyl groups excluding tert-OH is 2. The number of hydrazine groups is 1. The molecule has 0 aromatic heterocycles. The normalized spacial score (nSPS) is 28.3. The number of ketones is 1. The summed E-state index contributed by atoms with van der Waals surface area (Å²) in [6.45, 7) is 12.0. The lowest BCUT2D eigenvalue weighted by molar-refractivity contribution is -0.156. The van der Waals surface area contributed by atoms with E-state index < -0.39 is 77.9 Å². The lowest BCUT2D eigenvalue weighted by Gasteiger charge is -2.36. The average Bonchev–Trinajstić information content (AvgIpc) is 3.17. The minimum Gasteiger partial charge on any atom is -0.508 e. The van der Waals surface area contributed by atoms with E-state index in [-0.39, 0.29) is 55.7 Å². The second-order valence-corrected chi connectivity index (χ2v) is 16.1. The van der Waals surface area contributed by atoms with Gasteiger partial charge >= 0.3 is 5.97 Å². The van der Waals surface area contributed by atoms with Crippen LogP contribution in [-0.2, 0) is 39.9 Å². The molecular weight excluding hydrogens is 759 g/mol. The number of nitrogens with one attached hydrogen (secondary N) is 4. The van der Waals surface area contributed by atoms with Gasteiger partial charge in [0.15, 0.2) is 0 Å². The number of phenolic OH excluding ortho intramolecular Hbond substituents is 1. The molecule has 324 valence electrons. The number of amides is 4. The smallest absolute Gasteiger partial charge is 0.325 e. The highest BCUT2D eigenvalue weighted by Gasteiger charge is 2.38. The zero-order valence-electron chi connectivity index (χ0n) is 35.2. The lowest BCUT2D eigenvalue weighted by Crippen LogP contribution is -2.62. The molecule has 1 aromatic carbocycles. The summed E-state index contributed by atoms with van der Waals surface area (Å²) in [5.41, 5.74) is 4.15. The molecule has 2 bridgehead atoms. The molecule has 7 N–H and O–H groups in total. The van der Waals surface area contributed by atoms with Crippen LogP contribution in [0.4, 0.5) is 0 Å². The van der Waals surface area contributed by atoms with Gasteiger partial charge in [0.2, 0.25) is 17.7 Å². The zero-order valence-corrected chi connectivity index (χ0v) is 35.2. The number of carbonyl (C=O) groups excluding carboxylic acids is 6. The molecule has 3 rings (SSSR count). The number of carbonyl (C=O) groups is 6. The van der Waals surface area contributed by atoms with Gasteiger partial charge in [0.25, 0.3) is 5.91 Å². The Morgan fingerprint density at radius 2 is 1.76 bits per heavy atom. The van der Waals surface area contributed by atoms with Crippen molar-refractivity contribution in [1.29, 1.82) is 0 Å². The number of phenols is 1. The van der Waals surface area contributed by atoms with Gasteiger partial charge in [0, 0.05) is 43.8 Å². The first-order chi connectivity index (χ1) is 27.9. The second kappa shape index (κ2) is 23.5. The molecular formula is C44H63N5O10. The number of allylic oxidation sites excluding steroid dienone is 4. The maximum atomic E-state index is 14.3. The van der Waals surface area contributed by atoms with E-state index in [1.54, 1.807) is 70.2 Å². The van der Waals surface area contributed by atoms with E-state index in [2.05, 4.69) is 21.4 Å². The summed E-state index contributed by atoms with van der Waals surface area (Å²) in [6.07, 6.45) is 8.43. The summed E-state index contributed by atoms with van der Waals surface area (Å²) in [5, 5.41) is 42.3. The van der Waals surface area contributed by atoms with Crippen LogP contribution in [0.3, 0.4) is 0 Å². The van der Waals surface area contributed by atoms with Crippen molar-refractivity contribution in [2.75, 3.05) is 6.54 Å². The average molecular weight is 822 g/mol. The van der Waals surface area contributed by atoms with E-state index in [0.29, 0.717) is 24.0 Å². The van der Waals surface area contributed by atoms with Crippen molar-refractivity contribution in [3.63, 3.8) is 0 Å². The fraction of sp³-hybridized carbons (Fsp3) is 0.545. The highest BCUT2D eigenvalue weighted by Crippen LogP contribution is 2.24. The largest absolute Gasteiger partial charge is 0.508 e. The van der Waals surface area contributed by atoms with Crippen molar-refractivity contribution in [3.8, 4) is 5.75 Å². The van der Waals surface area contributed by atoms with Crippen LogP contribution < -0.4 is 21.4 Å². The summed E-state index contributed by atoms with van der Waals surface area (Å²) < 4.78 is 6.01. The summed E-state index contributed by atoms with van der Waals surface area (Å²) in [4.78, 5) is 80.2. The Hall–Kier alpha value is -5.12. The Bertz CT molecular complexity index is 1750. The van der Waals surface area contributed by atoms with Crippen molar-refractivity contribution in [2.45, 2.75) is 129 Å². The van der Waals surface area contributed by atoms with Crippen molar-refractivity contribution in [1.82, 2.24) is 26.4 Å². The van der Waals surface area contributed by atoms with Crippen LogP contribution >= 0.6 is 0 Å². The van der Waals surface area contributed by atoms with E-state index >= 15 is 0 Å². The number of esters is 1. The van der Waals surface area contributed by atoms with E-state index in [4.69, 9.17) is 4.74 Å². The molecule has 0 aliphatic carbocycles. The first kappa shape index (κ1) is 48.3. The highest BCUT2D eigenvalue weighted by atomic mass is 16.5. The molecule has 1 unspecified atom stereocenters. The fourth-order valence-corrected chi connectivity index (χ4v) is 6.77. The number of ether oxygens (including phenoxy) is 1. The van der Waals surface area contributed by atoms with Gasteiger partial charge in [-0.05, 0) is 76.1 Å². The highest BCUT2D eigenvalue weighted by molar-refractivity contribution is 5.93. The van der Waals surface area contributed by atoms with Crippen LogP contribution in [-0.4, -0.2) is 105 Å². The first-order valence-corrected chi connectivity index (χ1v) is 20.4. The molecule has 2 aliphatic rings. The molecule has 0 spiro atoms. The minimum absolute atomic E-state index is 0.0278. The number of hydrogen-bond donors (Lipinski definition) is 7. The summed E-state index contributed by atoms with van der Waals surface area (Å²) in [7, 11) is 0. The van der Waals surface area contributed by atoms with E-state index in [1.807, 2.05) is 13.8 Å². The molecule has 59 heavy (non-hydrogen) atoms. The van der Waals surface area contributed by atoms with Crippen molar-refractivity contribution >= 4 is 35.4 Å². The molecule has 0 radical (unpaired) electrons. The van der Waals surface area contributed by atoms with E-state index in [0.717, 1.165) is 0 Å². The molecule has 0 saturated carbocycles. The summed E-state index contributed by atoms with van der Waals surface area (Å²) in [6, 6.07) is 2.86. The quantitative estimate of drug-likeness (QED) is 0.103. The Kier molecular flexibility index (Phi) is 19.2. The number of cyclic esters (lactones) is 1. The molecule has 15 heteroatoms. The number of aromatic hydroxyl groups is 1. The molecule has 1 saturated heterocycles. The predicted molar refractivity (Wildman–Crippen MR) is 222 cm³/mol. The predicted octanol–water partition coefficient (Wildman–Crippen LogP) is 2.85. The van der Waals surface area contributed by atoms with Crippen LogP contribution in [0.25, 0.3) is 0 Å². The van der Waals surface area contributed by atoms with Crippen LogP contribution in [0.15, 0.2) is 72.4 Å².